The van der Waals surface area contributed by atoms with E-state index in [0.29, 0.717) is 29.9 Å². The van der Waals surface area contributed by atoms with Gasteiger partial charge in [-0.05, 0) is 68.2 Å². The van der Waals surface area contributed by atoms with Gasteiger partial charge in [0.25, 0.3) is 0 Å². The Morgan fingerprint density at radius 2 is 1.71 bits per heavy atom. The first-order valence-electron chi connectivity index (χ1n) is 13.3. The molecular formula is C31H30N4O4S2. The molecule has 41 heavy (non-hydrogen) atoms. The fraction of sp³-hybridized carbons (Fsp3) is 0.226. The molecule has 4 aromatic rings. The lowest BCUT2D eigenvalue weighted by molar-refractivity contribution is 0.281. The maximum atomic E-state index is 13.5. The van der Waals surface area contributed by atoms with Crippen molar-refractivity contribution < 1.29 is 16.8 Å². The molecule has 8 nitrogen and oxygen atoms in total. The van der Waals surface area contributed by atoms with E-state index in [1.54, 1.807) is 47.3 Å². The van der Waals surface area contributed by atoms with Crippen LogP contribution in [-0.4, -0.2) is 44.0 Å². The van der Waals surface area contributed by atoms with Crippen molar-refractivity contribution in [2.24, 2.45) is 5.92 Å². The Labute approximate surface area is 241 Å². The van der Waals surface area contributed by atoms with Crippen LogP contribution in [0, 0.1) is 24.2 Å². The maximum absolute atomic E-state index is 13.5. The standard InChI is InChI=1S/C31H30N4O4S2/c1-23-13-15-28(16-14-23)40(36,37)30(20-32)19-26-22-35(27-10-4-3-5-11-27)33-31(26)25-9-6-12-29(18-25)41(38,39)34-17-7-8-24(2)21-34/h3-6,9-16,18-19,22,24H,7-8,17,21H2,1-2H3/b30-19+. The number of aromatic nitrogens is 2. The second-order valence-electron chi connectivity index (χ2n) is 10.3. The second-order valence-corrected chi connectivity index (χ2v) is 14.1. The van der Waals surface area contributed by atoms with Gasteiger partial charge in [0.15, 0.2) is 0 Å². The number of allylic oxidation sites excluding steroid dienone is 1. The summed E-state index contributed by atoms with van der Waals surface area (Å²) in [6.45, 7) is 4.83. The Morgan fingerprint density at radius 3 is 2.39 bits per heavy atom. The first kappa shape index (κ1) is 28.5. The van der Waals surface area contributed by atoms with Crippen molar-refractivity contribution >= 4 is 25.9 Å². The van der Waals surface area contributed by atoms with Crippen LogP contribution in [0.3, 0.4) is 0 Å². The van der Waals surface area contributed by atoms with Crippen molar-refractivity contribution in [1.82, 2.24) is 14.1 Å². The molecule has 1 fully saturated rings. The topological polar surface area (TPSA) is 113 Å². The quantitative estimate of drug-likeness (QED) is 0.260. The minimum atomic E-state index is -4.11. The Morgan fingerprint density at radius 1 is 0.976 bits per heavy atom. The van der Waals surface area contributed by atoms with E-state index in [9.17, 15) is 22.1 Å². The van der Waals surface area contributed by atoms with Crippen LogP contribution in [0.15, 0.2) is 99.8 Å². The average molecular weight is 587 g/mol. The van der Waals surface area contributed by atoms with Gasteiger partial charge in [-0.3, -0.25) is 0 Å². The third-order valence-corrected chi connectivity index (χ3v) is 10.7. The Kier molecular flexibility index (Phi) is 7.95. The fourth-order valence-electron chi connectivity index (χ4n) is 4.90. The number of aryl methyl sites for hydroxylation is 1. The van der Waals surface area contributed by atoms with Gasteiger partial charge in [-0.15, -0.1) is 0 Å². The molecule has 0 amide bonds. The van der Waals surface area contributed by atoms with Crippen molar-refractivity contribution in [3.05, 3.63) is 101 Å². The highest BCUT2D eigenvalue weighted by Gasteiger charge is 2.29. The number of hydrogen-bond acceptors (Lipinski definition) is 6. The molecule has 5 rings (SSSR count). The van der Waals surface area contributed by atoms with Crippen LogP contribution in [0.5, 0.6) is 0 Å². The monoisotopic (exact) mass is 586 g/mol. The zero-order valence-electron chi connectivity index (χ0n) is 22.8. The summed E-state index contributed by atoms with van der Waals surface area (Å²) >= 11 is 0. The summed E-state index contributed by atoms with van der Waals surface area (Å²) in [6, 6.07) is 23.9. The number of nitrogens with zero attached hydrogens (tertiary/aromatic N) is 4. The summed E-state index contributed by atoms with van der Waals surface area (Å²) in [5.74, 6) is 0.278. The van der Waals surface area contributed by atoms with E-state index < -0.39 is 24.8 Å². The summed E-state index contributed by atoms with van der Waals surface area (Å²) in [5.41, 5.74) is 2.82. The van der Waals surface area contributed by atoms with E-state index >= 15 is 0 Å². The van der Waals surface area contributed by atoms with Crippen LogP contribution in [0.25, 0.3) is 23.0 Å². The molecule has 1 aromatic heterocycles. The fourth-order valence-corrected chi connectivity index (χ4v) is 7.70. The van der Waals surface area contributed by atoms with Crippen molar-refractivity contribution in [1.29, 1.82) is 5.26 Å². The number of benzene rings is 3. The number of hydrogen-bond donors (Lipinski definition) is 0. The highest BCUT2D eigenvalue weighted by atomic mass is 32.2. The zero-order valence-corrected chi connectivity index (χ0v) is 24.4. The minimum Gasteiger partial charge on any atom is -0.240 e. The molecule has 0 N–H and O–H groups in total. The lowest BCUT2D eigenvalue weighted by Gasteiger charge is -2.30. The van der Waals surface area contributed by atoms with E-state index in [0.717, 1.165) is 24.1 Å². The van der Waals surface area contributed by atoms with Gasteiger partial charge in [0, 0.05) is 30.4 Å². The first-order valence-corrected chi connectivity index (χ1v) is 16.2. The molecule has 210 valence electrons. The van der Waals surface area contributed by atoms with Crippen LogP contribution < -0.4 is 0 Å². The Hall–Kier alpha value is -4.04. The number of sulfone groups is 1. The Bertz CT molecular complexity index is 1860. The summed E-state index contributed by atoms with van der Waals surface area (Å²) in [5, 5.41) is 14.6. The number of nitriles is 1. The molecule has 0 radical (unpaired) electrons. The van der Waals surface area contributed by atoms with Crippen LogP contribution in [0.4, 0.5) is 0 Å². The number of rotatable bonds is 7. The van der Waals surface area contributed by atoms with Crippen LogP contribution in [0.1, 0.15) is 30.9 Å². The van der Waals surface area contributed by atoms with Crippen LogP contribution >= 0.6 is 0 Å². The highest BCUT2D eigenvalue weighted by Crippen LogP contribution is 2.31. The molecule has 0 saturated carbocycles. The molecule has 1 aliphatic rings. The van der Waals surface area contributed by atoms with Gasteiger partial charge in [-0.25, -0.2) is 21.5 Å². The molecular weight excluding hydrogens is 556 g/mol. The lowest BCUT2D eigenvalue weighted by Crippen LogP contribution is -2.39. The van der Waals surface area contributed by atoms with Crippen molar-refractivity contribution in [2.45, 2.75) is 36.5 Å². The Balaban J connectivity index is 1.63. The molecule has 2 heterocycles. The van der Waals surface area contributed by atoms with E-state index in [1.807, 2.05) is 50.2 Å². The number of sulfonamides is 1. The molecule has 0 bridgehead atoms. The van der Waals surface area contributed by atoms with E-state index in [4.69, 9.17) is 5.10 Å². The van der Waals surface area contributed by atoms with Gasteiger partial charge in [0.2, 0.25) is 19.9 Å². The maximum Gasteiger partial charge on any atom is 0.243 e. The molecule has 1 unspecified atom stereocenters. The van der Waals surface area contributed by atoms with E-state index in [1.165, 1.54) is 22.5 Å². The van der Waals surface area contributed by atoms with E-state index in [2.05, 4.69) is 0 Å². The van der Waals surface area contributed by atoms with Gasteiger partial charge in [-0.2, -0.15) is 14.7 Å². The predicted octanol–water partition coefficient (Wildman–Crippen LogP) is 5.61. The van der Waals surface area contributed by atoms with Gasteiger partial charge in [0.05, 0.1) is 15.5 Å². The molecule has 1 aliphatic heterocycles. The van der Waals surface area contributed by atoms with Crippen LogP contribution in [0.2, 0.25) is 0 Å². The van der Waals surface area contributed by atoms with Gasteiger partial charge in [0.1, 0.15) is 16.7 Å². The van der Waals surface area contributed by atoms with Gasteiger partial charge >= 0.3 is 0 Å². The van der Waals surface area contributed by atoms with Gasteiger partial charge < -0.3 is 0 Å². The predicted molar refractivity (Wildman–Crippen MR) is 158 cm³/mol. The zero-order chi connectivity index (χ0) is 29.2. The van der Waals surface area contributed by atoms with Crippen molar-refractivity contribution in [3.63, 3.8) is 0 Å². The van der Waals surface area contributed by atoms with Crippen molar-refractivity contribution in [2.75, 3.05) is 13.1 Å². The lowest BCUT2D eigenvalue weighted by atomic mass is 10.0. The van der Waals surface area contributed by atoms with E-state index in [-0.39, 0.29) is 15.7 Å². The first-order chi connectivity index (χ1) is 19.6. The summed E-state index contributed by atoms with van der Waals surface area (Å²) in [6.07, 6.45) is 4.74. The number of piperidine rings is 1. The molecule has 10 heteroatoms. The van der Waals surface area contributed by atoms with Crippen LogP contribution in [-0.2, 0) is 19.9 Å². The second kappa shape index (κ2) is 11.4. The smallest absolute Gasteiger partial charge is 0.240 e. The third kappa shape index (κ3) is 5.88. The van der Waals surface area contributed by atoms with Gasteiger partial charge in [-0.1, -0.05) is 55.0 Å². The molecule has 1 saturated heterocycles. The molecule has 3 aromatic carbocycles. The molecule has 1 atom stereocenters. The summed E-state index contributed by atoms with van der Waals surface area (Å²) in [4.78, 5) is -0.292. The third-order valence-electron chi connectivity index (χ3n) is 7.15. The largest absolute Gasteiger partial charge is 0.243 e. The summed E-state index contributed by atoms with van der Waals surface area (Å²) in [7, 11) is -7.85. The molecule has 0 spiro atoms. The summed E-state index contributed by atoms with van der Waals surface area (Å²) < 4.78 is 56.9. The molecule has 0 aliphatic carbocycles. The SMILES string of the molecule is Cc1ccc(S(=O)(=O)/C(C#N)=C/c2cn(-c3ccccc3)nc2-c2cccc(S(=O)(=O)N3CCCC(C)C3)c2)cc1. The number of para-hydroxylation sites is 1. The normalized spacial score (nSPS) is 16.8. The average Bonchev–Trinajstić information content (AvgIpc) is 3.40. The minimum absolute atomic E-state index is 0.0109. The van der Waals surface area contributed by atoms with Crippen molar-refractivity contribution in [3.8, 4) is 23.0 Å². The highest BCUT2D eigenvalue weighted by molar-refractivity contribution is 7.95.